The molecule has 2 nitrogen and oxygen atoms in total. The summed E-state index contributed by atoms with van der Waals surface area (Å²) in [7, 11) is 0. The Morgan fingerprint density at radius 1 is 1.82 bits per heavy atom. The van der Waals surface area contributed by atoms with E-state index in [0.717, 1.165) is 12.2 Å². The number of nitriles is 1. The van der Waals surface area contributed by atoms with Crippen molar-refractivity contribution in [3.63, 3.8) is 0 Å². The number of thioether (sulfide) groups is 1. The topological polar surface area (TPSA) is 35.8 Å². The van der Waals surface area contributed by atoms with Gasteiger partial charge in [0, 0.05) is 5.75 Å². The molecule has 62 valence electrons. The van der Waals surface area contributed by atoms with Crippen molar-refractivity contribution in [2.75, 3.05) is 5.75 Å². The van der Waals surface area contributed by atoms with Crippen LogP contribution in [0.15, 0.2) is 0 Å². The van der Waals surface area contributed by atoms with E-state index >= 15 is 0 Å². The zero-order valence-corrected chi connectivity index (χ0v) is 7.87. The van der Waals surface area contributed by atoms with E-state index in [-0.39, 0.29) is 10.9 Å². The summed E-state index contributed by atoms with van der Waals surface area (Å²) < 4.78 is 0. The van der Waals surface area contributed by atoms with Gasteiger partial charge >= 0.3 is 0 Å². The number of hydrogen-bond acceptors (Lipinski definition) is 3. The van der Waals surface area contributed by atoms with Gasteiger partial charge in [0.2, 0.25) is 0 Å². The molecule has 1 fully saturated rings. The van der Waals surface area contributed by atoms with Gasteiger partial charge in [-0.2, -0.15) is 5.26 Å². The predicted octanol–water partition coefficient (Wildman–Crippen LogP) is 1.73. The summed E-state index contributed by atoms with van der Waals surface area (Å²) in [4.78, 5) is 0.162. The van der Waals surface area contributed by atoms with Crippen molar-refractivity contribution in [1.82, 2.24) is 5.32 Å². The summed E-state index contributed by atoms with van der Waals surface area (Å²) in [6.45, 7) is 4.35. The Kier molecular flexibility index (Phi) is 2.80. The average molecular weight is 170 g/mol. The molecule has 1 aliphatic heterocycles. The molecule has 2 atom stereocenters. The Hall–Kier alpha value is -0.200. The second-order valence-electron chi connectivity index (χ2n) is 3.12. The van der Waals surface area contributed by atoms with Crippen molar-refractivity contribution in [2.45, 2.75) is 37.6 Å². The highest BCUT2D eigenvalue weighted by atomic mass is 32.2. The van der Waals surface area contributed by atoms with Crippen LogP contribution in [0.3, 0.4) is 0 Å². The van der Waals surface area contributed by atoms with E-state index in [1.165, 1.54) is 6.42 Å². The van der Waals surface area contributed by atoms with Crippen LogP contribution in [0.4, 0.5) is 0 Å². The van der Waals surface area contributed by atoms with Gasteiger partial charge in [0.1, 0.15) is 6.04 Å². The minimum atomic E-state index is 0.0662. The lowest BCUT2D eigenvalue weighted by Gasteiger charge is -2.22. The molecule has 0 saturated carbocycles. The van der Waals surface area contributed by atoms with Crippen molar-refractivity contribution < 1.29 is 0 Å². The molecule has 0 aliphatic carbocycles. The van der Waals surface area contributed by atoms with E-state index in [1.807, 2.05) is 11.8 Å². The molecule has 2 unspecified atom stereocenters. The quantitative estimate of drug-likeness (QED) is 0.685. The fourth-order valence-corrected chi connectivity index (χ4v) is 2.68. The van der Waals surface area contributed by atoms with Crippen LogP contribution in [0.25, 0.3) is 0 Å². The normalized spacial score (nSPS) is 37.0. The van der Waals surface area contributed by atoms with Gasteiger partial charge < -0.3 is 0 Å². The standard InChI is InChI=1S/C8H14N2S/c1-3-4-8(2)10-7(5-9)6-11-8/h7,10H,3-4,6H2,1-2H3. The van der Waals surface area contributed by atoms with Crippen LogP contribution < -0.4 is 5.32 Å². The highest BCUT2D eigenvalue weighted by molar-refractivity contribution is 8.00. The number of nitrogens with one attached hydrogen (secondary N) is 1. The molecule has 0 bridgehead atoms. The van der Waals surface area contributed by atoms with Gasteiger partial charge in [-0.15, -0.1) is 11.8 Å². The van der Waals surface area contributed by atoms with E-state index in [9.17, 15) is 0 Å². The molecule has 1 heterocycles. The van der Waals surface area contributed by atoms with Crippen molar-refractivity contribution >= 4 is 11.8 Å². The second-order valence-corrected chi connectivity index (χ2v) is 4.64. The first-order valence-electron chi connectivity index (χ1n) is 4.01. The third kappa shape index (κ3) is 2.11. The van der Waals surface area contributed by atoms with Crippen LogP contribution in [-0.2, 0) is 0 Å². The van der Waals surface area contributed by atoms with Crippen LogP contribution in [0.2, 0.25) is 0 Å². The van der Waals surface area contributed by atoms with Gasteiger partial charge in [-0.1, -0.05) is 13.3 Å². The maximum Gasteiger partial charge on any atom is 0.106 e. The van der Waals surface area contributed by atoms with Gasteiger partial charge in [0.05, 0.1) is 10.9 Å². The molecular weight excluding hydrogens is 156 g/mol. The van der Waals surface area contributed by atoms with Gasteiger partial charge in [-0.3, -0.25) is 5.32 Å². The lowest BCUT2D eigenvalue weighted by molar-refractivity contribution is 0.472. The highest BCUT2D eigenvalue weighted by Gasteiger charge is 2.33. The summed E-state index contributed by atoms with van der Waals surface area (Å²) in [6.07, 6.45) is 2.32. The Morgan fingerprint density at radius 2 is 2.55 bits per heavy atom. The molecule has 1 rings (SSSR count). The Morgan fingerprint density at radius 3 is 3.00 bits per heavy atom. The largest absolute Gasteiger partial charge is 0.287 e. The molecule has 0 aromatic rings. The van der Waals surface area contributed by atoms with E-state index < -0.39 is 0 Å². The molecule has 0 aromatic heterocycles. The molecule has 11 heavy (non-hydrogen) atoms. The van der Waals surface area contributed by atoms with Crippen molar-refractivity contribution in [3.05, 3.63) is 0 Å². The fourth-order valence-electron chi connectivity index (χ4n) is 1.41. The van der Waals surface area contributed by atoms with E-state index in [2.05, 4.69) is 25.2 Å². The van der Waals surface area contributed by atoms with E-state index in [1.54, 1.807) is 0 Å². The zero-order chi connectivity index (χ0) is 8.32. The maximum atomic E-state index is 8.64. The molecular formula is C8H14N2S. The minimum absolute atomic E-state index is 0.0662. The van der Waals surface area contributed by atoms with Crippen LogP contribution in [0, 0.1) is 11.3 Å². The van der Waals surface area contributed by atoms with Gasteiger partial charge in [-0.05, 0) is 13.3 Å². The lowest BCUT2D eigenvalue weighted by atomic mass is 10.2. The third-order valence-corrected chi connectivity index (χ3v) is 3.39. The SMILES string of the molecule is CCCC1(C)NC(C#N)CS1. The van der Waals surface area contributed by atoms with Crippen LogP contribution in [0.5, 0.6) is 0 Å². The average Bonchev–Trinajstić information content (AvgIpc) is 2.33. The minimum Gasteiger partial charge on any atom is -0.287 e. The molecule has 0 aromatic carbocycles. The van der Waals surface area contributed by atoms with Crippen LogP contribution in [0.1, 0.15) is 26.7 Å². The molecule has 0 radical (unpaired) electrons. The van der Waals surface area contributed by atoms with Crippen molar-refractivity contribution in [3.8, 4) is 6.07 Å². The van der Waals surface area contributed by atoms with E-state index in [4.69, 9.17) is 5.26 Å². The molecule has 0 amide bonds. The Bertz CT molecular complexity index is 175. The summed E-state index contributed by atoms with van der Waals surface area (Å²) in [5, 5.41) is 12.0. The first-order chi connectivity index (χ1) is 5.20. The molecule has 0 spiro atoms. The van der Waals surface area contributed by atoms with E-state index in [0.29, 0.717) is 0 Å². The zero-order valence-electron chi connectivity index (χ0n) is 7.05. The molecule has 1 aliphatic rings. The van der Waals surface area contributed by atoms with Crippen LogP contribution in [-0.4, -0.2) is 16.7 Å². The Labute approximate surface area is 72.4 Å². The lowest BCUT2D eigenvalue weighted by Crippen LogP contribution is -2.38. The predicted molar refractivity (Wildman–Crippen MR) is 48.3 cm³/mol. The summed E-state index contributed by atoms with van der Waals surface area (Å²) >= 11 is 1.87. The fraction of sp³-hybridized carbons (Fsp3) is 0.875. The Balaban J connectivity index is 2.45. The maximum absolute atomic E-state index is 8.64. The van der Waals surface area contributed by atoms with Crippen LogP contribution >= 0.6 is 11.8 Å². The smallest absolute Gasteiger partial charge is 0.106 e. The number of nitrogens with zero attached hydrogens (tertiary/aromatic N) is 1. The van der Waals surface area contributed by atoms with Gasteiger partial charge in [-0.25, -0.2) is 0 Å². The molecule has 3 heteroatoms. The highest BCUT2D eigenvalue weighted by Crippen LogP contribution is 2.33. The summed E-state index contributed by atoms with van der Waals surface area (Å²) in [5.41, 5.74) is 0. The van der Waals surface area contributed by atoms with Gasteiger partial charge in [0.25, 0.3) is 0 Å². The molecule has 1 saturated heterocycles. The van der Waals surface area contributed by atoms with Gasteiger partial charge in [0.15, 0.2) is 0 Å². The first kappa shape index (κ1) is 8.89. The number of rotatable bonds is 2. The third-order valence-electron chi connectivity index (χ3n) is 1.93. The number of hydrogen-bond donors (Lipinski definition) is 1. The second kappa shape index (κ2) is 3.46. The van der Waals surface area contributed by atoms with Crippen molar-refractivity contribution in [2.24, 2.45) is 0 Å². The first-order valence-corrected chi connectivity index (χ1v) is 5.00. The van der Waals surface area contributed by atoms with Crippen molar-refractivity contribution in [1.29, 1.82) is 5.26 Å². The summed E-state index contributed by atoms with van der Waals surface area (Å²) in [6, 6.07) is 2.31. The summed E-state index contributed by atoms with van der Waals surface area (Å²) in [5.74, 6) is 0.938. The molecule has 1 N–H and O–H groups in total. The monoisotopic (exact) mass is 170 g/mol.